The van der Waals surface area contributed by atoms with Crippen molar-refractivity contribution in [1.82, 2.24) is 10.3 Å². The third-order valence-corrected chi connectivity index (χ3v) is 4.85. The van der Waals surface area contributed by atoms with Crippen molar-refractivity contribution in [3.8, 4) is 10.6 Å². The third-order valence-electron chi connectivity index (χ3n) is 3.96. The van der Waals surface area contributed by atoms with Gasteiger partial charge in [-0.25, -0.2) is 14.2 Å². The standard InChI is InChI=1S/C21H17FN2O4S/c1-13(25)23-10-14-2-4-15(5-3-14)19(26)11-28-21(27)18-12-29-20(24-18)16-6-8-17(22)9-7-16/h2-9,12H,10-11H2,1H3,(H,23,25). The zero-order chi connectivity index (χ0) is 20.8. The number of nitrogens with one attached hydrogen (secondary N) is 1. The highest BCUT2D eigenvalue weighted by Crippen LogP contribution is 2.24. The number of Topliss-reactive ketones (excluding diaryl/α,β-unsaturated/α-hetero) is 1. The molecule has 0 aliphatic heterocycles. The molecule has 1 aromatic heterocycles. The second-order valence-electron chi connectivity index (χ2n) is 6.15. The first-order chi connectivity index (χ1) is 13.9. The Labute approximate surface area is 170 Å². The highest BCUT2D eigenvalue weighted by molar-refractivity contribution is 7.13. The number of ketones is 1. The second-order valence-corrected chi connectivity index (χ2v) is 7.01. The lowest BCUT2D eigenvalue weighted by molar-refractivity contribution is -0.119. The summed E-state index contributed by atoms with van der Waals surface area (Å²) in [5, 5.41) is 4.75. The van der Waals surface area contributed by atoms with Gasteiger partial charge in [-0.1, -0.05) is 24.3 Å². The molecule has 2 aromatic carbocycles. The molecule has 0 unspecified atom stereocenters. The molecule has 148 valence electrons. The smallest absolute Gasteiger partial charge is 0.358 e. The van der Waals surface area contributed by atoms with Gasteiger partial charge < -0.3 is 10.1 Å². The lowest BCUT2D eigenvalue weighted by Gasteiger charge is -2.05. The number of hydrogen-bond donors (Lipinski definition) is 1. The van der Waals surface area contributed by atoms with E-state index in [0.29, 0.717) is 22.7 Å². The molecular weight excluding hydrogens is 395 g/mol. The molecule has 3 rings (SSSR count). The van der Waals surface area contributed by atoms with Gasteiger partial charge in [0.05, 0.1) is 0 Å². The molecular formula is C21H17FN2O4S. The average Bonchev–Trinajstić information content (AvgIpc) is 3.21. The zero-order valence-corrected chi connectivity index (χ0v) is 16.3. The molecule has 0 saturated heterocycles. The van der Waals surface area contributed by atoms with E-state index in [1.54, 1.807) is 36.4 Å². The van der Waals surface area contributed by atoms with E-state index in [0.717, 1.165) is 5.56 Å². The number of hydrogen-bond acceptors (Lipinski definition) is 6. The van der Waals surface area contributed by atoms with Crippen molar-refractivity contribution in [3.05, 3.63) is 76.5 Å². The fraction of sp³-hybridized carbons (Fsp3) is 0.143. The summed E-state index contributed by atoms with van der Waals surface area (Å²) < 4.78 is 18.1. The SMILES string of the molecule is CC(=O)NCc1ccc(C(=O)COC(=O)c2csc(-c3ccc(F)cc3)n2)cc1. The fourth-order valence-corrected chi connectivity index (χ4v) is 3.21. The van der Waals surface area contributed by atoms with Crippen molar-refractivity contribution >= 4 is 29.0 Å². The van der Waals surface area contributed by atoms with Gasteiger partial charge in [-0.15, -0.1) is 11.3 Å². The van der Waals surface area contributed by atoms with Crippen molar-refractivity contribution in [2.24, 2.45) is 0 Å². The zero-order valence-electron chi connectivity index (χ0n) is 15.5. The molecule has 0 aliphatic rings. The Bertz CT molecular complexity index is 1030. The van der Waals surface area contributed by atoms with E-state index in [1.807, 2.05) is 0 Å². The Morgan fingerprint density at radius 2 is 1.76 bits per heavy atom. The van der Waals surface area contributed by atoms with Crippen LogP contribution in [-0.4, -0.2) is 29.3 Å². The summed E-state index contributed by atoms with van der Waals surface area (Å²) in [5.74, 6) is -1.54. The van der Waals surface area contributed by atoms with Gasteiger partial charge >= 0.3 is 5.97 Å². The second kappa shape index (κ2) is 9.20. The molecule has 0 saturated carbocycles. The lowest BCUT2D eigenvalue weighted by atomic mass is 10.1. The number of amides is 1. The summed E-state index contributed by atoms with van der Waals surface area (Å²) >= 11 is 1.23. The van der Waals surface area contributed by atoms with Crippen molar-refractivity contribution in [2.75, 3.05) is 6.61 Å². The van der Waals surface area contributed by atoms with Crippen LogP contribution in [0.5, 0.6) is 0 Å². The third kappa shape index (κ3) is 5.55. The number of ether oxygens (including phenoxy) is 1. The molecule has 1 N–H and O–H groups in total. The van der Waals surface area contributed by atoms with E-state index in [4.69, 9.17) is 4.74 Å². The van der Waals surface area contributed by atoms with Crippen molar-refractivity contribution in [2.45, 2.75) is 13.5 Å². The van der Waals surface area contributed by atoms with Crippen LogP contribution >= 0.6 is 11.3 Å². The Balaban J connectivity index is 1.55. The van der Waals surface area contributed by atoms with Gasteiger partial charge in [-0.3, -0.25) is 9.59 Å². The van der Waals surface area contributed by atoms with Crippen molar-refractivity contribution in [1.29, 1.82) is 0 Å². The van der Waals surface area contributed by atoms with Crippen molar-refractivity contribution < 1.29 is 23.5 Å². The maximum Gasteiger partial charge on any atom is 0.358 e. The van der Waals surface area contributed by atoms with Crippen LogP contribution in [0.15, 0.2) is 53.9 Å². The van der Waals surface area contributed by atoms with Crippen LogP contribution in [0, 0.1) is 5.82 Å². The summed E-state index contributed by atoms with van der Waals surface area (Å²) in [4.78, 5) is 39.5. The number of nitrogens with zero attached hydrogens (tertiary/aromatic N) is 1. The van der Waals surface area contributed by atoms with Crippen LogP contribution in [0.1, 0.15) is 33.3 Å². The predicted octanol–water partition coefficient (Wildman–Crippen LogP) is 3.63. The molecule has 1 heterocycles. The molecule has 0 fully saturated rings. The van der Waals surface area contributed by atoms with Crippen molar-refractivity contribution in [3.63, 3.8) is 0 Å². The summed E-state index contributed by atoms with van der Waals surface area (Å²) in [6.45, 7) is 1.39. The summed E-state index contributed by atoms with van der Waals surface area (Å²) in [6.07, 6.45) is 0. The van der Waals surface area contributed by atoms with E-state index in [1.165, 1.54) is 35.8 Å². The first-order valence-corrected chi connectivity index (χ1v) is 9.55. The number of carbonyl (C=O) groups is 3. The fourth-order valence-electron chi connectivity index (χ4n) is 2.42. The molecule has 29 heavy (non-hydrogen) atoms. The summed E-state index contributed by atoms with van der Waals surface area (Å²) in [6, 6.07) is 12.4. The lowest BCUT2D eigenvalue weighted by Crippen LogP contribution is -2.19. The molecule has 8 heteroatoms. The first-order valence-electron chi connectivity index (χ1n) is 8.67. The van der Waals surface area contributed by atoms with E-state index in [-0.39, 0.29) is 23.2 Å². The number of carbonyl (C=O) groups excluding carboxylic acids is 3. The topological polar surface area (TPSA) is 85.4 Å². The monoisotopic (exact) mass is 412 g/mol. The number of thiazole rings is 1. The van der Waals surface area contributed by atoms with Crippen LogP contribution < -0.4 is 5.32 Å². The molecule has 0 bridgehead atoms. The largest absolute Gasteiger partial charge is 0.453 e. The van der Waals surface area contributed by atoms with E-state index in [2.05, 4.69) is 10.3 Å². The summed E-state index contributed by atoms with van der Waals surface area (Å²) in [5.41, 5.74) is 2.03. The Morgan fingerprint density at radius 3 is 2.41 bits per heavy atom. The number of aromatic nitrogens is 1. The quantitative estimate of drug-likeness (QED) is 0.473. The highest BCUT2D eigenvalue weighted by atomic mass is 32.1. The van der Waals surface area contributed by atoms with Crippen LogP contribution in [0.4, 0.5) is 4.39 Å². The Morgan fingerprint density at radius 1 is 1.07 bits per heavy atom. The molecule has 1 amide bonds. The van der Waals surface area contributed by atoms with E-state index in [9.17, 15) is 18.8 Å². The van der Waals surface area contributed by atoms with Gasteiger partial charge in [-0.05, 0) is 29.8 Å². The summed E-state index contributed by atoms with van der Waals surface area (Å²) in [7, 11) is 0. The molecule has 0 spiro atoms. The van der Waals surface area contributed by atoms with Crippen LogP contribution in [0.3, 0.4) is 0 Å². The molecule has 0 aliphatic carbocycles. The minimum absolute atomic E-state index is 0.0905. The molecule has 3 aromatic rings. The minimum atomic E-state index is -0.703. The Kier molecular flexibility index (Phi) is 6.46. The van der Waals surface area contributed by atoms with Gasteiger partial charge in [0.2, 0.25) is 5.91 Å². The van der Waals surface area contributed by atoms with E-state index < -0.39 is 12.6 Å². The normalized spacial score (nSPS) is 10.4. The van der Waals surface area contributed by atoms with Crippen LogP contribution in [0.2, 0.25) is 0 Å². The number of halogens is 1. The first kappa shape index (κ1) is 20.3. The maximum atomic E-state index is 13.0. The van der Waals surface area contributed by atoms with Gasteiger partial charge in [-0.2, -0.15) is 0 Å². The molecule has 0 atom stereocenters. The molecule has 0 radical (unpaired) electrons. The number of esters is 1. The van der Waals surface area contributed by atoms with E-state index >= 15 is 0 Å². The molecule has 6 nitrogen and oxygen atoms in total. The maximum absolute atomic E-state index is 13.0. The van der Waals surface area contributed by atoms with Gasteiger partial charge in [0.15, 0.2) is 18.1 Å². The Hall–Kier alpha value is -3.39. The van der Waals surface area contributed by atoms with Gasteiger partial charge in [0, 0.05) is 30.0 Å². The predicted molar refractivity (Wildman–Crippen MR) is 106 cm³/mol. The number of rotatable bonds is 7. The highest BCUT2D eigenvalue weighted by Gasteiger charge is 2.16. The minimum Gasteiger partial charge on any atom is -0.453 e. The van der Waals surface area contributed by atoms with Gasteiger partial charge in [0.25, 0.3) is 0 Å². The number of benzene rings is 2. The van der Waals surface area contributed by atoms with Gasteiger partial charge in [0.1, 0.15) is 10.8 Å². The van der Waals surface area contributed by atoms with Crippen LogP contribution in [0.25, 0.3) is 10.6 Å². The van der Waals surface area contributed by atoms with Crippen LogP contribution in [-0.2, 0) is 16.1 Å². The average molecular weight is 412 g/mol.